The van der Waals surface area contributed by atoms with Crippen molar-refractivity contribution < 1.29 is 8.42 Å². The van der Waals surface area contributed by atoms with Crippen LogP contribution in [0.4, 0.5) is 0 Å². The second kappa shape index (κ2) is 6.03. The van der Waals surface area contributed by atoms with Crippen LogP contribution in [0.1, 0.15) is 25.3 Å². The predicted molar refractivity (Wildman–Crippen MR) is 76.4 cm³/mol. The first-order valence-corrected chi connectivity index (χ1v) is 8.21. The maximum atomic E-state index is 12.5. The predicted octanol–water partition coefficient (Wildman–Crippen LogP) is 1.83. The van der Waals surface area contributed by atoms with Gasteiger partial charge in [-0.3, -0.25) is 0 Å². The number of benzene rings is 1. The largest absolute Gasteiger partial charge is 0.316 e. The lowest BCUT2D eigenvalue weighted by atomic mass is 10.0. The van der Waals surface area contributed by atoms with Crippen molar-refractivity contribution in [2.24, 2.45) is 5.92 Å². The van der Waals surface area contributed by atoms with Crippen molar-refractivity contribution in [2.45, 2.75) is 31.2 Å². The summed E-state index contributed by atoms with van der Waals surface area (Å²) >= 11 is 0. The molecule has 1 atom stereocenters. The topological polar surface area (TPSA) is 49.4 Å². The van der Waals surface area contributed by atoms with Gasteiger partial charge in [0.1, 0.15) is 0 Å². The number of nitrogens with zero attached hydrogens (tertiary/aromatic N) is 1. The van der Waals surface area contributed by atoms with Gasteiger partial charge in [-0.1, -0.05) is 19.1 Å². The van der Waals surface area contributed by atoms with Crippen LogP contribution in [0.2, 0.25) is 0 Å². The van der Waals surface area contributed by atoms with Gasteiger partial charge in [0.25, 0.3) is 0 Å². The minimum atomic E-state index is -3.31. The Bertz CT molecular complexity index is 511. The molecule has 1 aliphatic heterocycles. The van der Waals surface area contributed by atoms with E-state index in [2.05, 4.69) is 12.2 Å². The van der Waals surface area contributed by atoms with Crippen LogP contribution in [0.25, 0.3) is 0 Å². The van der Waals surface area contributed by atoms with E-state index in [1.165, 1.54) is 0 Å². The molecule has 1 aliphatic rings. The van der Waals surface area contributed by atoms with Gasteiger partial charge in [0.15, 0.2) is 0 Å². The average Bonchev–Trinajstić information content (AvgIpc) is 2.40. The van der Waals surface area contributed by atoms with E-state index in [0.717, 1.165) is 24.9 Å². The molecule has 1 N–H and O–H groups in total. The van der Waals surface area contributed by atoms with Crippen LogP contribution < -0.4 is 5.32 Å². The molecule has 1 aromatic rings. The number of rotatable bonds is 4. The minimum absolute atomic E-state index is 0.404. The molecule has 2 rings (SSSR count). The highest BCUT2D eigenvalue weighted by atomic mass is 32.2. The molecule has 1 aromatic carbocycles. The van der Waals surface area contributed by atoms with E-state index in [0.29, 0.717) is 23.9 Å². The Balaban J connectivity index is 2.18. The summed E-state index contributed by atoms with van der Waals surface area (Å²) in [4.78, 5) is 0.404. The molecule has 0 amide bonds. The quantitative estimate of drug-likeness (QED) is 0.916. The van der Waals surface area contributed by atoms with Crippen LogP contribution in [0.5, 0.6) is 0 Å². The lowest BCUT2D eigenvalue weighted by molar-refractivity contribution is 0.281. The number of sulfonamides is 1. The minimum Gasteiger partial charge on any atom is -0.316 e. The third kappa shape index (κ3) is 3.35. The van der Waals surface area contributed by atoms with Gasteiger partial charge in [0.2, 0.25) is 10.0 Å². The summed E-state index contributed by atoms with van der Waals surface area (Å²) < 4.78 is 26.6. The second-order valence-electron chi connectivity index (χ2n) is 5.28. The Morgan fingerprint density at radius 2 is 2.00 bits per heavy atom. The molecule has 5 heteroatoms. The highest BCUT2D eigenvalue weighted by Gasteiger charge is 2.28. The highest BCUT2D eigenvalue weighted by molar-refractivity contribution is 7.89. The fourth-order valence-corrected chi connectivity index (χ4v) is 4.10. The van der Waals surface area contributed by atoms with Gasteiger partial charge < -0.3 is 5.32 Å². The third-order valence-corrected chi connectivity index (χ3v) is 5.44. The molecule has 4 nitrogen and oxygen atoms in total. The van der Waals surface area contributed by atoms with Gasteiger partial charge in [-0.15, -0.1) is 0 Å². The number of hydrogen-bond acceptors (Lipinski definition) is 3. The fourth-order valence-electron chi connectivity index (χ4n) is 2.50. The van der Waals surface area contributed by atoms with Gasteiger partial charge in [0, 0.05) is 19.6 Å². The average molecular weight is 282 g/mol. The van der Waals surface area contributed by atoms with E-state index in [1.54, 1.807) is 16.4 Å². The Labute approximate surface area is 115 Å². The molecule has 0 spiro atoms. The lowest BCUT2D eigenvalue weighted by Gasteiger charge is -2.30. The molecule has 0 bridgehead atoms. The summed E-state index contributed by atoms with van der Waals surface area (Å²) in [6.07, 6.45) is 2.07. The summed E-state index contributed by atoms with van der Waals surface area (Å²) in [5, 5.41) is 3.05. The molecule has 0 saturated carbocycles. The van der Waals surface area contributed by atoms with Crippen LogP contribution in [0, 0.1) is 5.92 Å². The zero-order valence-electron chi connectivity index (χ0n) is 11.6. The van der Waals surface area contributed by atoms with Crippen molar-refractivity contribution in [3.8, 4) is 0 Å². The maximum absolute atomic E-state index is 12.5. The summed E-state index contributed by atoms with van der Waals surface area (Å²) in [6.45, 7) is 4.14. The van der Waals surface area contributed by atoms with Crippen LogP contribution in [0.15, 0.2) is 29.2 Å². The monoisotopic (exact) mass is 282 g/mol. The van der Waals surface area contributed by atoms with Gasteiger partial charge in [-0.05, 0) is 43.5 Å². The molecule has 0 aliphatic carbocycles. The number of hydrogen-bond donors (Lipinski definition) is 1. The van der Waals surface area contributed by atoms with Crippen molar-refractivity contribution in [3.63, 3.8) is 0 Å². The van der Waals surface area contributed by atoms with Crippen molar-refractivity contribution in [1.82, 2.24) is 9.62 Å². The first kappa shape index (κ1) is 14.5. The van der Waals surface area contributed by atoms with Crippen LogP contribution in [0.3, 0.4) is 0 Å². The van der Waals surface area contributed by atoms with Gasteiger partial charge in [-0.2, -0.15) is 4.31 Å². The van der Waals surface area contributed by atoms with E-state index in [4.69, 9.17) is 0 Å². The van der Waals surface area contributed by atoms with Gasteiger partial charge in [0.05, 0.1) is 4.90 Å². The Morgan fingerprint density at radius 1 is 1.32 bits per heavy atom. The standard InChI is InChI=1S/C14H22N2O2S/c1-12-4-3-9-16(11-12)19(17,18)14-7-5-13(6-8-14)10-15-2/h5-8,12,15H,3-4,9-11H2,1-2H3. The molecule has 106 valence electrons. The Hall–Kier alpha value is -0.910. The van der Waals surface area contributed by atoms with E-state index in [9.17, 15) is 8.42 Å². The third-order valence-electron chi connectivity index (χ3n) is 3.56. The summed E-state index contributed by atoms with van der Waals surface area (Å²) in [7, 11) is -1.44. The Morgan fingerprint density at radius 3 is 2.58 bits per heavy atom. The van der Waals surface area contributed by atoms with E-state index >= 15 is 0 Å². The molecule has 1 fully saturated rings. The highest BCUT2D eigenvalue weighted by Crippen LogP contribution is 2.23. The van der Waals surface area contributed by atoms with Gasteiger partial charge in [-0.25, -0.2) is 8.42 Å². The second-order valence-corrected chi connectivity index (χ2v) is 7.22. The van der Waals surface area contributed by atoms with E-state index in [-0.39, 0.29) is 0 Å². The van der Waals surface area contributed by atoms with Gasteiger partial charge >= 0.3 is 0 Å². The molecule has 0 aromatic heterocycles. The molecule has 19 heavy (non-hydrogen) atoms. The van der Waals surface area contributed by atoms with Crippen molar-refractivity contribution >= 4 is 10.0 Å². The van der Waals surface area contributed by atoms with Crippen LogP contribution in [-0.2, 0) is 16.6 Å². The molecule has 1 unspecified atom stereocenters. The number of piperidine rings is 1. The van der Waals surface area contributed by atoms with Crippen molar-refractivity contribution in [2.75, 3.05) is 20.1 Å². The zero-order chi connectivity index (χ0) is 13.9. The first-order chi connectivity index (χ1) is 9.04. The van der Waals surface area contributed by atoms with Crippen molar-refractivity contribution in [1.29, 1.82) is 0 Å². The molecular weight excluding hydrogens is 260 g/mol. The maximum Gasteiger partial charge on any atom is 0.243 e. The van der Waals surface area contributed by atoms with Crippen molar-refractivity contribution in [3.05, 3.63) is 29.8 Å². The zero-order valence-corrected chi connectivity index (χ0v) is 12.4. The molecular formula is C14H22N2O2S. The summed E-state index contributed by atoms with van der Waals surface area (Å²) in [6, 6.07) is 7.16. The molecule has 0 radical (unpaired) electrons. The lowest BCUT2D eigenvalue weighted by Crippen LogP contribution is -2.39. The fraction of sp³-hybridized carbons (Fsp3) is 0.571. The Kier molecular flexibility index (Phi) is 4.60. The summed E-state index contributed by atoms with van der Waals surface area (Å²) in [5.74, 6) is 0.451. The molecule has 1 saturated heterocycles. The van der Waals surface area contributed by atoms with Crippen LogP contribution >= 0.6 is 0 Å². The normalized spacial score (nSPS) is 21.5. The SMILES string of the molecule is CNCc1ccc(S(=O)(=O)N2CCCC(C)C2)cc1. The van der Waals surface area contributed by atoms with Crippen LogP contribution in [-0.4, -0.2) is 32.9 Å². The smallest absolute Gasteiger partial charge is 0.243 e. The molecule has 1 heterocycles. The first-order valence-electron chi connectivity index (χ1n) is 6.77. The number of nitrogens with one attached hydrogen (secondary N) is 1. The summed E-state index contributed by atoms with van der Waals surface area (Å²) in [5.41, 5.74) is 1.09. The van der Waals surface area contributed by atoms with E-state index < -0.39 is 10.0 Å². The van der Waals surface area contributed by atoms with E-state index in [1.807, 2.05) is 19.2 Å².